The minimum atomic E-state index is -3.87. The molecule has 1 aromatic heterocycles. The largest absolute Gasteiger partial charge is 0.277 e. The van der Waals surface area contributed by atoms with E-state index in [4.69, 9.17) is 0 Å². The molecule has 0 unspecified atom stereocenters. The van der Waals surface area contributed by atoms with E-state index >= 15 is 0 Å². The lowest BCUT2D eigenvalue weighted by atomic mass is 10.2. The average Bonchev–Trinajstić information content (AvgIpc) is 2.50. The van der Waals surface area contributed by atoms with Crippen molar-refractivity contribution < 1.29 is 12.8 Å². The normalized spacial score (nSPS) is 11.5. The monoisotopic (exact) mass is 316 g/mol. The van der Waals surface area contributed by atoms with Gasteiger partial charge in [0.15, 0.2) is 0 Å². The second kappa shape index (κ2) is 5.38. The minimum absolute atomic E-state index is 0.122. The molecule has 0 radical (unpaired) electrons. The number of halogens is 1. The van der Waals surface area contributed by atoms with Crippen LogP contribution >= 0.6 is 0 Å². The number of benzene rings is 2. The number of nitrogens with zero attached hydrogens (tertiary/aromatic N) is 1. The maximum absolute atomic E-state index is 13.6. The number of sulfonamides is 1. The molecule has 3 rings (SSSR count). The van der Waals surface area contributed by atoms with Crippen LogP contribution in [0.2, 0.25) is 0 Å². The van der Waals surface area contributed by atoms with Crippen LogP contribution in [0.5, 0.6) is 0 Å². The molecule has 0 saturated carbocycles. The van der Waals surface area contributed by atoms with Crippen molar-refractivity contribution in [2.75, 3.05) is 4.72 Å². The van der Waals surface area contributed by atoms with E-state index in [-0.39, 0.29) is 4.90 Å². The van der Waals surface area contributed by atoms with Crippen LogP contribution in [0.15, 0.2) is 59.6 Å². The Balaban J connectivity index is 2.05. The molecular formula is C16H13FN2O2S. The zero-order chi connectivity index (χ0) is 15.7. The summed E-state index contributed by atoms with van der Waals surface area (Å²) >= 11 is 0. The predicted octanol–water partition coefficient (Wildman–Crippen LogP) is 3.48. The van der Waals surface area contributed by atoms with Crippen molar-refractivity contribution >= 4 is 26.6 Å². The lowest BCUT2D eigenvalue weighted by Gasteiger charge is -2.10. The van der Waals surface area contributed by atoms with Crippen LogP contribution in [-0.2, 0) is 10.0 Å². The van der Waals surface area contributed by atoms with Gasteiger partial charge in [0.2, 0.25) is 0 Å². The molecule has 4 nitrogen and oxygen atoms in total. The van der Waals surface area contributed by atoms with E-state index in [1.807, 2.05) is 12.1 Å². The highest BCUT2D eigenvalue weighted by atomic mass is 32.2. The van der Waals surface area contributed by atoms with Crippen LogP contribution in [0.4, 0.5) is 10.1 Å². The molecular weight excluding hydrogens is 303 g/mol. The number of fused-ring (bicyclic) bond motifs is 1. The maximum atomic E-state index is 13.6. The summed E-state index contributed by atoms with van der Waals surface area (Å²) < 4.78 is 40.9. The van der Waals surface area contributed by atoms with Crippen LogP contribution in [0.1, 0.15) is 5.56 Å². The van der Waals surface area contributed by atoms with Gasteiger partial charge in [0.05, 0.1) is 16.1 Å². The molecule has 0 aliphatic carbocycles. The van der Waals surface area contributed by atoms with Crippen molar-refractivity contribution in [2.45, 2.75) is 11.8 Å². The summed E-state index contributed by atoms with van der Waals surface area (Å²) in [7, 11) is -3.87. The third-order valence-electron chi connectivity index (χ3n) is 3.33. The first-order chi connectivity index (χ1) is 10.5. The molecule has 0 atom stereocenters. The van der Waals surface area contributed by atoms with E-state index in [0.717, 1.165) is 11.5 Å². The summed E-state index contributed by atoms with van der Waals surface area (Å²) in [6.07, 6.45) is 1.59. The van der Waals surface area contributed by atoms with Crippen LogP contribution in [0.3, 0.4) is 0 Å². The van der Waals surface area contributed by atoms with Crippen molar-refractivity contribution in [1.29, 1.82) is 0 Å². The molecule has 0 aliphatic heterocycles. The number of anilines is 1. The van der Waals surface area contributed by atoms with Gasteiger partial charge in [-0.3, -0.25) is 9.71 Å². The van der Waals surface area contributed by atoms with Crippen LogP contribution in [-0.4, -0.2) is 13.4 Å². The predicted molar refractivity (Wildman–Crippen MR) is 83.7 cm³/mol. The first-order valence-corrected chi connectivity index (χ1v) is 8.08. The van der Waals surface area contributed by atoms with Crippen LogP contribution < -0.4 is 4.72 Å². The fourth-order valence-corrected chi connectivity index (χ4v) is 3.21. The Morgan fingerprint density at radius 2 is 1.86 bits per heavy atom. The summed E-state index contributed by atoms with van der Waals surface area (Å²) in [4.78, 5) is 4.07. The minimum Gasteiger partial charge on any atom is -0.277 e. The molecule has 1 heterocycles. The topological polar surface area (TPSA) is 59.1 Å². The molecule has 0 fully saturated rings. The van der Waals surface area contributed by atoms with Crippen molar-refractivity contribution in [3.8, 4) is 0 Å². The number of para-hydroxylation sites is 1. The number of aromatic nitrogens is 1. The fraction of sp³-hybridized carbons (Fsp3) is 0.0625. The van der Waals surface area contributed by atoms with Gasteiger partial charge in [0, 0.05) is 11.6 Å². The molecule has 0 saturated heterocycles. The summed E-state index contributed by atoms with van der Waals surface area (Å²) in [5.41, 5.74) is 1.30. The zero-order valence-electron chi connectivity index (χ0n) is 11.7. The highest BCUT2D eigenvalue weighted by Gasteiger charge is 2.17. The summed E-state index contributed by atoms with van der Waals surface area (Å²) in [5.74, 6) is -0.557. The first-order valence-electron chi connectivity index (χ1n) is 6.60. The van der Waals surface area contributed by atoms with Crippen LogP contribution in [0.25, 0.3) is 10.9 Å². The SMILES string of the molecule is Cc1ccc(S(=O)(=O)Nc2cccc3cccnc23)cc1F. The summed E-state index contributed by atoms with van der Waals surface area (Å²) in [5, 5.41) is 0.817. The van der Waals surface area contributed by atoms with Crippen molar-refractivity contribution in [1.82, 2.24) is 4.98 Å². The van der Waals surface area contributed by atoms with Gasteiger partial charge in [-0.2, -0.15) is 0 Å². The molecule has 3 aromatic rings. The first kappa shape index (κ1) is 14.5. The third-order valence-corrected chi connectivity index (χ3v) is 4.69. The Kier molecular flexibility index (Phi) is 3.54. The number of hydrogen-bond donors (Lipinski definition) is 1. The second-order valence-corrected chi connectivity index (χ2v) is 6.58. The van der Waals surface area contributed by atoms with Gasteiger partial charge in [-0.15, -0.1) is 0 Å². The van der Waals surface area contributed by atoms with Gasteiger partial charge < -0.3 is 0 Å². The van der Waals surface area contributed by atoms with Gasteiger partial charge in [-0.1, -0.05) is 24.3 Å². The van der Waals surface area contributed by atoms with E-state index in [9.17, 15) is 12.8 Å². The molecule has 0 aliphatic rings. The third kappa shape index (κ3) is 2.65. The summed E-state index contributed by atoms with van der Waals surface area (Å²) in [6.45, 7) is 1.58. The number of pyridine rings is 1. The van der Waals surface area contributed by atoms with E-state index in [0.29, 0.717) is 16.8 Å². The number of aryl methyl sites for hydroxylation is 1. The van der Waals surface area contributed by atoms with Gasteiger partial charge in [-0.05, 0) is 36.8 Å². The Morgan fingerprint density at radius 1 is 1.09 bits per heavy atom. The molecule has 0 bridgehead atoms. The fourth-order valence-electron chi connectivity index (χ4n) is 2.13. The van der Waals surface area contributed by atoms with Gasteiger partial charge in [0.25, 0.3) is 10.0 Å². The highest BCUT2D eigenvalue weighted by molar-refractivity contribution is 7.92. The second-order valence-electron chi connectivity index (χ2n) is 4.90. The quantitative estimate of drug-likeness (QED) is 0.805. The highest BCUT2D eigenvalue weighted by Crippen LogP contribution is 2.24. The number of rotatable bonds is 3. The van der Waals surface area contributed by atoms with Crippen molar-refractivity contribution in [2.24, 2.45) is 0 Å². The van der Waals surface area contributed by atoms with E-state index in [2.05, 4.69) is 9.71 Å². The molecule has 2 aromatic carbocycles. The Hall–Kier alpha value is -2.47. The number of nitrogens with one attached hydrogen (secondary N) is 1. The maximum Gasteiger partial charge on any atom is 0.262 e. The molecule has 112 valence electrons. The van der Waals surface area contributed by atoms with Crippen LogP contribution in [0, 0.1) is 12.7 Å². The lowest BCUT2D eigenvalue weighted by Crippen LogP contribution is -2.13. The smallest absolute Gasteiger partial charge is 0.262 e. The molecule has 0 spiro atoms. The standard InChI is InChI=1S/C16H13FN2O2S/c1-11-7-8-13(10-14(11)17)22(20,21)19-15-6-2-4-12-5-3-9-18-16(12)15/h2-10,19H,1H3. The lowest BCUT2D eigenvalue weighted by molar-refractivity contribution is 0.593. The van der Waals surface area contributed by atoms with E-state index in [1.165, 1.54) is 12.1 Å². The van der Waals surface area contributed by atoms with Crippen molar-refractivity contribution in [3.05, 3.63) is 66.1 Å². The van der Waals surface area contributed by atoms with E-state index < -0.39 is 15.8 Å². The number of hydrogen-bond acceptors (Lipinski definition) is 3. The summed E-state index contributed by atoms with van der Waals surface area (Å²) in [6, 6.07) is 12.6. The van der Waals surface area contributed by atoms with Crippen molar-refractivity contribution in [3.63, 3.8) is 0 Å². The van der Waals surface area contributed by atoms with E-state index in [1.54, 1.807) is 31.3 Å². The molecule has 6 heteroatoms. The Bertz CT molecular complexity index is 950. The van der Waals surface area contributed by atoms with Gasteiger partial charge >= 0.3 is 0 Å². The Morgan fingerprint density at radius 3 is 2.64 bits per heavy atom. The zero-order valence-corrected chi connectivity index (χ0v) is 12.6. The Labute approximate surface area is 127 Å². The van der Waals surface area contributed by atoms with Gasteiger partial charge in [-0.25, -0.2) is 12.8 Å². The molecule has 1 N–H and O–H groups in total. The van der Waals surface area contributed by atoms with Gasteiger partial charge in [0.1, 0.15) is 5.82 Å². The molecule has 22 heavy (non-hydrogen) atoms. The average molecular weight is 316 g/mol. The molecule has 0 amide bonds.